The Morgan fingerprint density at radius 1 is 1.18 bits per heavy atom. The lowest BCUT2D eigenvalue weighted by Crippen LogP contribution is -2.36. The third-order valence-corrected chi connectivity index (χ3v) is 6.88. The fraction of sp³-hybridized carbons (Fsp3) is 0.310. The first-order valence-electron chi connectivity index (χ1n) is 12.5. The Bertz CT molecular complexity index is 1470. The van der Waals surface area contributed by atoms with Crippen LogP contribution in [0.5, 0.6) is 5.75 Å². The van der Waals surface area contributed by atoms with Crippen LogP contribution < -0.4 is 15.6 Å². The van der Waals surface area contributed by atoms with Crippen LogP contribution in [0.15, 0.2) is 59.5 Å². The number of carbonyl (C=O) groups excluding carboxylic acids is 2. The molecule has 10 heteroatoms. The van der Waals surface area contributed by atoms with Crippen molar-refractivity contribution >= 4 is 29.2 Å². The molecule has 9 nitrogen and oxygen atoms in total. The van der Waals surface area contributed by atoms with Crippen molar-refractivity contribution in [2.24, 2.45) is 0 Å². The van der Waals surface area contributed by atoms with Gasteiger partial charge < -0.3 is 19.5 Å². The van der Waals surface area contributed by atoms with Gasteiger partial charge in [-0.05, 0) is 49.6 Å². The maximum Gasteiger partial charge on any atom is 0.339 e. The number of amides is 1. The van der Waals surface area contributed by atoms with Crippen molar-refractivity contribution in [1.29, 1.82) is 5.26 Å². The molecule has 1 fully saturated rings. The minimum Gasteiger partial charge on any atom is -0.495 e. The Labute approximate surface area is 230 Å². The molecule has 3 aromatic rings. The van der Waals surface area contributed by atoms with E-state index >= 15 is 0 Å². The smallest absolute Gasteiger partial charge is 0.339 e. The van der Waals surface area contributed by atoms with Gasteiger partial charge in [-0.15, -0.1) is 0 Å². The predicted octanol–water partition coefficient (Wildman–Crippen LogP) is 4.97. The summed E-state index contributed by atoms with van der Waals surface area (Å²) in [5, 5.41) is 12.8. The molecule has 1 aliphatic heterocycles. The largest absolute Gasteiger partial charge is 0.495 e. The van der Waals surface area contributed by atoms with E-state index in [-0.39, 0.29) is 29.5 Å². The molecule has 202 valence electrons. The van der Waals surface area contributed by atoms with E-state index < -0.39 is 23.5 Å². The molecule has 0 radical (unpaired) electrons. The summed E-state index contributed by atoms with van der Waals surface area (Å²) in [4.78, 5) is 39.5. The van der Waals surface area contributed by atoms with Gasteiger partial charge in [0.25, 0.3) is 5.56 Å². The molecule has 0 aliphatic carbocycles. The quantitative estimate of drug-likeness (QED) is 0.394. The molecule has 1 aliphatic rings. The zero-order chi connectivity index (χ0) is 27.9. The fourth-order valence-electron chi connectivity index (χ4n) is 4.67. The van der Waals surface area contributed by atoms with E-state index in [1.165, 1.54) is 31.0 Å². The van der Waals surface area contributed by atoms with E-state index in [1.807, 2.05) is 0 Å². The van der Waals surface area contributed by atoms with Gasteiger partial charge in [-0.2, -0.15) is 5.26 Å². The number of nitrogens with zero attached hydrogens (tertiary/aromatic N) is 2. The number of para-hydroxylation sites is 1. The zero-order valence-electron chi connectivity index (χ0n) is 21.6. The fourth-order valence-corrected chi connectivity index (χ4v) is 4.84. The molecule has 2 aromatic carbocycles. The molecule has 1 saturated heterocycles. The highest BCUT2D eigenvalue weighted by atomic mass is 35.5. The molecule has 1 amide bonds. The highest BCUT2D eigenvalue weighted by Gasteiger charge is 2.29. The summed E-state index contributed by atoms with van der Waals surface area (Å²) in [6, 6.07) is 13.7. The highest BCUT2D eigenvalue weighted by molar-refractivity contribution is 6.31. The molecular weight excluding hydrogens is 522 g/mol. The van der Waals surface area contributed by atoms with Gasteiger partial charge in [0, 0.05) is 35.2 Å². The van der Waals surface area contributed by atoms with Crippen LogP contribution in [0.1, 0.15) is 47.6 Å². The number of esters is 1. The number of nitrogens with one attached hydrogen (secondary N) is 1. The summed E-state index contributed by atoms with van der Waals surface area (Å²) in [5.74, 6) is -0.820. The van der Waals surface area contributed by atoms with Crippen molar-refractivity contribution in [2.45, 2.75) is 37.8 Å². The standard InChI is InChI=1S/C29H28ClN3O6/c1-37-26-17-33(27(34)15-23(26)22-13-19(30)11-10-18(22)16-31)25(14-20-7-5-6-12-39-20)28(35)32-24-9-4-3-8-21(24)29(36)38-2/h3-4,8-11,13,15,17,20,25H,5-7,12,14H2,1-2H3,(H,32,35). The number of hydrogen-bond acceptors (Lipinski definition) is 7. The number of halogens is 1. The van der Waals surface area contributed by atoms with Gasteiger partial charge in [0.1, 0.15) is 11.8 Å². The van der Waals surface area contributed by atoms with Crippen molar-refractivity contribution < 1.29 is 23.8 Å². The van der Waals surface area contributed by atoms with Crippen LogP contribution in [0.4, 0.5) is 5.69 Å². The summed E-state index contributed by atoms with van der Waals surface area (Å²) in [6.07, 6.45) is 4.09. The van der Waals surface area contributed by atoms with Gasteiger partial charge in [0.15, 0.2) is 0 Å². The third kappa shape index (κ3) is 6.30. The molecule has 0 bridgehead atoms. The normalized spacial score (nSPS) is 15.6. The minimum atomic E-state index is -0.982. The number of ether oxygens (including phenoxy) is 3. The van der Waals surface area contributed by atoms with Crippen molar-refractivity contribution in [3.8, 4) is 22.9 Å². The zero-order valence-corrected chi connectivity index (χ0v) is 22.4. The lowest BCUT2D eigenvalue weighted by Gasteiger charge is -2.28. The lowest BCUT2D eigenvalue weighted by atomic mass is 9.98. The van der Waals surface area contributed by atoms with Crippen LogP contribution in [0.3, 0.4) is 0 Å². The van der Waals surface area contributed by atoms with Gasteiger partial charge in [-0.3, -0.25) is 14.2 Å². The summed E-state index contributed by atoms with van der Waals surface area (Å²) in [5.41, 5.74) is 1.10. The lowest BCUT2D eigenvalue weighted by molar-refractivity contribution is -0.121. The van der Waals surface area contributed by atoms with Gasteiger partial charge in [-0.25, -0.2) is 4.79 Å². The Morgan fingerprint density at radius 3 is 2.67 bits per heavy atom. The van der Waals surface area contributed by atoms with Gasteiger partial charge in [0.05, 0.1) is 49.4 Å². The van der Waals surface area contributed by atoms with E-state index in [0.717, 1.165) is 19.3 Å². The Balaban J connectivity index is 1.78. The number of hydrogen-bond donors (Lipinski definition) is 1. The number of aromatic nitrogens is 1. The number of pyridine rings is 1. The Hall–Kier alpha value is -4.13. The molecule has 39 heavy (non-hydrogen) atoms. The van der Waals surface area contributed by atoms with Crippen LogP contribution >= 0.6 is 11.6 Å². The molecular formula is C29H28ClN3O6. The van der Waals surface area contributed by atoms with Gasteiger partial charge in [-0.1, -0.05) is 23.7 Å². The van der Waals surface area contributed by atoms with Crippen LogP contribution in [0.25, 0.3) is 11.1 Å². The van der Waals surface area contributed by atoms with Gasteiger partial charge >= 0.3 is 5.97 Å². The van der Waals surface area contributed by atoms with E-state index in [1.54, 1.807) is 42.5 Å². The molecule has 4 rings (SSSR count). The maximum atomic E-state index is 13.7. The third-order valence-electron chi connectivity index (χ3n) is 6.65. The summed E-state index contributed by atoms with van der Waals surface area (Å²) >= 11 is 6.18. The summed E-state index contributed by atoms with van der Waals surface area (Å²) < 4.78 is 17.6. The maximum absolute atomic E-state index is 13.7. The number of carbonyl (C=O) groups is 2. The molecule has 1 N–H and O–H groups in total. The number of anilines is 1. The average Bonchev–Trinajstić information content (AvgIpc) is 2.96. The van der Waals surface area contributed by atoms with Crippen molar-refractivity contribution in [1.82, 2.24) is 4.57 Å². The SMILES string of the molecule is COC(=O)c1ccccc1NC(=O)C(CC1CCCCO1)n1cc(OC)c(-c2cc(Cl)ccc2C#N)cc1=O. The molecule has 2 heterocycles. The molecule has 1 aromatic heterocycles. The van der Waals surface area contributed by atoms with Crippen molar-refractivity contribution in [2.75, 3.05) is 26.1 Å². The summed E-state index contributed by atoms with van der Waals surface area (Å²) in [7, 11) is 2.70. The number of methoxy groups -OCH3 is 2. The van der Waals surface area contributed by atoms with Crippen LogP contribution in [0, 0.1) is 11.3 Å². The summed E-state index contributed by atoms with van der Waals surface area (Å²) in [6.45, 7) is 0.576. The van der Waals surface area contributed by atoms with E-state index in [4.69, 9.17) is 25.8 Å². The topological polar surface area (TPSA) is 120 Å². The predicted molar refractivity (Wildman–Crippen MR) is 146 cm³/mol. The Morgan fingerprint density at radius 2 is 1.97 bits per heavy atom. The van der Waals surface area contributed by atoms with Crippen molar-refractivity contribution in [3.63, 3.8) is 0 Å². The Kier molecular flexibility index (Phi) is 9.02. The highest BCUT2D eigenvalue weighted by Crippen LogP contribution is 2.34. The van der Waals surface area contributed by atoms with E-state index in [0.29, 0.717) is 28.3 Å². The van der Waals surface area contributed by atoms with Crippen LogP contribution in [-0.2, 0) is 14.3 Å². The first kappa shape index (κ1) is 27.9. The molecule has 2 unspecified atom stereocenters. The van der Waals surface area contributed by atoms with E-state index in [9.17, 15) is 19.6 Å². The number of benzene rings is 2. The van der Waals surface area contributed by atoms with Crippen molar-refractivity contribution in [3.05, 3.63) is 81.2 Å². The first-order chi connectivity index (χ1) is 18.9. The molecule has 0 saturated carbocycles. The van der Waals surface area contributed by atoms with E-state index in [2.05, 4.69) is 11.4 Å². The number of nitriles is 1. The number of rotatable bonds is 8. The van der Waals surface area contributed by atoms with Crippen LogP contribution in [-0.4, -0.2) is 43.4 Å². The second kappa shape index (κ2) is 12.6. The molecule has 2 atom stereocenters. The minimum absolute atomic E-state index is 0.186. The second-order valence-electron chi connectivity index (χ2n) is 9.07. The van der Waals surface area contributed by atoms with Gasteiger partial charge in [0.2, 0.25) is 5.91 Å². The van der Waals surface area contributed by atoms with Crippen LogP contribution in [0.2, 0.25) is 5.02 Å². The second-order valence-corrected chi connectivity index (χ2v) is 9.51. The molecule has 0 spiro atoms. The average molecular weight is 550 g/mol. The first-order valence-corrected chi connectivity index (χ1v) is 12.8. The monoisotopic (exact) mass is 549 g/mol.